The first kappa shape index (κ1) is 17.1. The van der Waals surface area contributed by atoms with Gasteiger partial charge in [0.2, 0.25) is 0 Å². The Morgan fingerprint density at radius 3 is 2.50 bits per heavy atom. The summed E-state index contributed by atoms with van der Waals surface area (Å²) in [6.45, 7) is 5.48. The van der Waals surface area contributed by atoms with Crippen molar-refractivity contribution in [3.05, 3.63) is 64.1 Å². The van der Waals surface area contributed by atoms with Crippen molar-refractivity contribution in [2.24, 2.45) is 5.92 Å². The van der Waals surface area contributed by atoms with Crippen molar-refractivity contribution in [1.82, 2.24) is 4.90 Å². The second kappa shape index (κ2) is 7.04. The van der Waals surface area contributed by atoms with Crippen LogP contribution in [0.4, 0.5) is 10.5 Å². The van der Waals surface area contributed by atoms with Gasteiger partial charge in [-0.2, -0.15) is 0 Å². The van der Waals surface area contributed by atoms with Crippen LogP contribution >= 0.6 is 23.2 Å². The van der Waals surface area contributed by atoms with Gasteiger partial charge in [0, 0.05) is 18.1 Å². The molecule has 3 nitrogen and oxygen atoms in total. The number of nitrogens with zero attached hydrogens (tertiary/aromatic N) is 2. The van der Waals surface area contributed by atoms with E-state index in [1.54, 1.807) is 23.1 Å². The van der Waals surface area contributed by atoms with Gasteiger partial charge in [-0.05, 0) is 29.7 Å². The molecular formula is C19H20Cl2N2O. The van der Waals surface area contributed by atoms with Crippen LogP contribution in [0.5, 0.6) is 0 Å². The van der Waals surface area contributed by atoms with Crippen LogP contribution in [0.3, 0.4) is 0 Å². The Kier molecular flexibility index (Phi) is 5.02. The van der Waals surface area contributed by atoms with Gasteiger partial charge in [0.05, 0.1) is 16.8 Å². The molecule has 2 aromatic carbocycles. The van der Waals surface area contributed by atoms with Gasteiger partial charge < -0.3 is 4.90 Å². The van der Waals surface area contributed by atoms with E-state index in [1.807, 2.05) is 35.2 Å². The lowest BCUT2D eigenvalue weighted by Gasteiger charge is -2.26. The van der Waals surface area contributed by atoms with Crippen molar-refractivity contribution in [3.8, 4) is 0 Å². The molecule has 0 aliphatic carbocycles. The van der Waals surface area contributed by atoms with Crippen LogP contribution in [0.1, 0.15) is 19.4 Å². The van der Waals surface area contributed by atoms with Gasteiger partial charge in [-0.15, -0.1) is 0 Å². The number of carbonyl (C=O) groups excluding carboxylic acids is 1. The molecule has 0 aromatic heterocycles. The third-order valence-electron chi connectivity index (χ3n) is 4.41. The molecule has 1 fully saturated rings. The Morgan fingerprint density at radius 2 is 1.83 bits per heavy atom. The fourth-order valence-electron chi connectivity index (χ4n) is 3.09. The minimum Gasteiger partial charge on any atom is -0.315 e. The van der Waals surface area contributed by atoms with E-state index in [4.69, 9.17) is 23.2 Å². The van der Waals surface area contributed by atoms with E-state index in [0.29, 0.717) is 34.7 Å². The molecule has 5 heteroatoms. The first-order valence-electron chi connectivity index (χ1n) is 8.04. The Morgan fingerprint density at radius 1 is 1.12 bits per heavy atom. The maximum Gasteiger partial charge on any atom is 0.325 e. The van der Waals surface area contributed by atoms with E-state index < -0.39 is 0 Å². The van der Waals surface area contributed by atoms with Gasteiger partial charge in [0.25, 0.3) is 0 Å². The molecule has 1 aliphatic rings. The van der Waals surface area contributed by atoms with E-state index in [0.717, 1.165) is 5.56 Å². The Bertz CT molecular complexity index is 733. The third kappa shape index (κ3) is 3.38. The van der Waals surface area contributed by atoms with Crippen molar-refractivity contribution < 1.29 is 4.79 Å². The summed E-state index contributed by atoms with van der Waals surface area (Å²) in [6.07, 6.45) is 0. The quantitative estimate of drug-likeness (QED) is 0.708. The van der Waals surface area contributed by atoms with Crippen LogP contribution in [0.25, 0.3) is 0 Å². The molecule has 0 spiro atoms. The zero-order chi connectivity index (χ0) is 17.3. The van der Waals surface area contributed by atoms with Crippen molar-refractivity contribution in [3.63, 3.8) is 0 Å². The van der Waals surface area contributed by atoms with Crippen LogP contribution in [0, 0.1) is 5.92 Å². The highest BCUT2D eigenvalue weighted by Crippen LogP contribution is 2.34. The fourth-order valence-corrected chi connectivity index (χ4v) is 3.48. The number of hydrogen-bond acceptors (Lipinski definition) is 1. The SMILES string of the molecule is CC(C)C1CN(c2cc(Cl)ccc2Cl)C(=O)N1Cc1ccccc1. The molecule has 0 radical (unpaired) electrons. The summed E-state index contributed by atoms with van der Waals surface area (Å²) in [5, 5.41) is 1.11. The fraction of sp³-hybridized carbons (Fsp3) is 0.316. The molecule has 24 heavy (non-hydrogen) atoms. The predicted molar refractivity (Wildman–Crippen MR) is 99.8 cm³/mol. The topological polar surface area (TPSA) is 23.6 Å². The Hall–Kier alpha value is -1.71. The number of urea groups is 1. The highest BCUT2D eigenvalue weighted by molar-refractivity contribution is 6.35. The summed E-state index contributed by atoms with van der Waals surface area (Å²) in [7, 11) is 0. The summed E-state index contributed by atoms with van der Waals surface area (Å²) in [5.74, 6) is 0.348. The molecule has 2 aromatic rings. The monoisotopic (exact) mass is 362 g/mol. The average Bonchev–Trinajstić information content (AvgIpc) is 2.88. The summed E-state index contributed by atoms with van der Waals surface area (Å²) in [5.41, 5.74) is 1.80. The first-order chi connectivity index (χ1) is 11.5. The molecular weight excluding hydrogens is 343 g/mol. The molecule has 1 atom stereocenters. The van der Waals surface area contributed by atoms with Gasteiger partial charge in [0.15, 0.2) is 0 Å². The molecule has 2 amide bonds. The molecule has 0 N–H and O–H groups in total. The number of rotatable bonds is 4. The van der Waals surface area contributed by atoms with Gasteiger partial charge in [0.1, 0.15) is 0 Å². The number of halogens is 2. The second-order valence-electron chi connectivity index (χ2n) is 6.41. The van der Waals surface area contributed by atoms with Crippen molar-refractivity contribution in [1.29, 1.82) is 0 Å². The largest absolute Gasteiger partial charge is 0.325 e. The smallest absolute Gasteiger partial charge is 0.315 e. The average molecular weight is 363 g/mol. The molecule has 1 saturated heterocycles. The molecule has 126 valence electrons. The highest BCUT2D eigenvalue weighted by Gasteiger charge is 2.40. The van der Waals surface area contributed by atoms with E-state index >= 15 is 0 Å². The summed E-state index contributed by atoms with van der Waals surface area (Å²) >= 11 is 12.4. The number of anilines is 1. The molecule has 3 rings (SSSR count). The highest BCUT2D eigenvalue weighted by atomic mass is 35.5. The first-order valence-corrected chi connectivity index (χ1v) is 8.80. The van der Waals surface area contributed by atoms with Crippen LogP contribution in [0.15, 0.2) is 48.5 Å². The Labute approximate surface area is 152 Å². The van der Waals surface area contributed by atoms with Gasteiger partial charge >= 0.3 is 6.03 Å². The lowest BCUT2D eigenvalue weighted by molar-refractivity contribution is 0.187. The minimum atomic E-state index is -0.0262. The molecule has 1 aliphatic heterocycles. The summed E-state index contributed by atoms with van der Waals surface area (Å²) in [6, 6.07) is 15.4. The zero-order valence-electron chi connectivity index (χ0n) is 13.7. The van der Waals surface area contributed by atoms with Crippen molar-refractivity contribution in [2.75, 3.05) is 11.4 Å². The maximum absolute atomic E-state index is 13.0. The van der Waals surface area contributed by atoms with Crippen LogP contribution in [-0.4, -0.2) is 23.5 Å². The maximum atomic E-state index is 13.0. The zero-order valence-corrected chi connectivity index (χ0v) is 15.3. The molecule has 1 unspecified atom stereocenters. The number of carbonyl (C=O) groups is 1. The third-order valence-corrected chi connectivity index (χ3v) is 4.97. The lowest BCUT2D eigenvalue weighted by atomic mass is 10.0. The summed E-state index contributed by atoms with van der Waals surface area (Å²) in [4.78, 5) is 16.7. The standard InChI is InChI=1S/C19H20Cl2N2O/c1-13(2)18-12-23(17-10-15(20)8-9-16(17)21)19(24)22(18)11-14-6-4-3-5-7-14/h3-10,13,18H,11-12H2,1-2H3. The van der Waals surface area contributed by atoms with Crippen molar-refractivity contribution >= 4 is 34.9 Å². The van der Waals surface area contributed by atoms with Crippen LogP contribution in [0.2, 0.25) is 10.0 Å². The number of benzene rings is 2. The van der Waals surface area contributed by atoms with Gasteiger partial charge in [-0.3, -0.25) is 4.90 Å². The van der Waals surface area contributed by atoms with E-state index in [9.17, 15) is 4.79 Å². The number of hydrogen-bond donors (Lipinski definition) is 0. The summed E-state index contributed by atoms with van der Waals surface area (Å²) < 4.78 is 0. The molecule has 0 bridgehead atoms. The lowest BCUT2D eigenvalue weighted by Crippen LogP contribution is -2.37. The molecule has 0 saturated carbocycles. The van der Waals surface area contributed by atoms with Crippen LogP contribution < -0.4 is 4.90 Å². The van der Waals surface area contributed by atoms with Crippen LogP contribution in [-0.2, 0) is 6.54 Å². The normalized spacial score (nSPS) is 17.9. The second-order valence-corrected chi connectivity index (χ2v) is 7.26. The van der Waals surface area contributed by atoms with Gasteiger partial charge in [-0.1, -0.05) is 67.4 Å². The van der Waals surface area contributed by atoms with Crippen molar-refractivity contribution in [2.45, 2.75) is 26.4 Å². The van der Waals surface area contributed by atoms with E-state index in [1.165, 1.54) is 0 Å². The van der Waals surface area contributed by atoms with Gasteiger partial charge in [-0.25, -0.2) is 4.79 Å². The van der Waals surface area contributed by atoms with E-state index in [2.05, 4.69) is 13.8 Å². The van der Waals surface area contributed by atoms with E-state index in [-0.39, 0.29) is 12.1 Å². The predicted octanol–water partition coefficient (Wildman–Crippen LogP) is 5.46. The Balaban J connectivity index is 1.91. The number of amides is 2. The molecule has 1 heterocycles. The minimum absolute atomic E-state index is 0.0262.